The summed E-state index contributed by atoms with van der Waals surface area (Å²) in [5.74, 6) is 1.31. The van der Waals surface area contributed by atoms with Crippen molar-refractivity contribution in [3.8, 4) is 0 Å². The quantitative estimate of drug-likeness (QED) is 0.311. The Morgan fingerprint density at radius 1 is 1.08 bits per heavy atom. The maximum atomic E-state index is 11.9. The summed E-state index contributed by atoms with van der Waals surface area (Å²) in [7, 11) is 0. The van der Waals surface area contributed by atoms with Crippen molar-refractivity contribution in [1.29, 1.82) is 0 Å². The van der Waals surface area contributed by atoms with E-state index in [0.717, 1.165) is 31.4 Å². The summed E-state index contributed by atoms with van der Waals surface area (Å²) in [5, 5.41) is 6.44. The molecule has 2 aliphatic heterocycles. The fourth-order valence-corrected chi connectivity index (χ4v) is 4.76. The Hall–Kier alpha value is -0.830. The van der Waals surface area contributed by atoms with Gasteiger partial charge in [-0.1, -0.05) is 6.42 Å². The summed E-state index contributed by atoms with van der Waals surface area (Å²) >= 11 is 1.93. The van der Waals surface area contributed by atoms with E-state index in [0.29, 0.717) is 56.8 Å². The molecule has 2 amide bonds. The van der Waals surface area contributed by atoms with Crippen LogP contribution in [0.4, 0.5) is 4.79 Å². The Morgan fingerprint density at radius 3 is 2.64 bits per heavy atom. The molecule has 2 heterocycles. The zero-order valence-corrected chi connectivity index (χ0v) is 15.7. The van der Waals surface area contributed by atoms with Crippen LogP contribution in [0.1, 0.15) is 38.5 Å². The first-order valence-electron chi connectivity index (χ1n) is 9.26. The molecule has 0 aromatic rings. The smallest absolute Gasteiger partial charge is 0.315 e. The van der Waals surface area contributed by atoms with Crippen LogP contribution in [0.3, 0.4) is 0 Å². The molecule has 2 fully saturated rings. The van der Waals surface area contributed by atoms with Crippen molar-refractivity contribution >= 4 is 23.6 Å². The Labute approximate surface area is 154 Å². The molecule has 4 N–H and O–H groups in total. The molecule has 0 radical (unpaired) electrons. The van der Waals surface area contributed by atoms with Crippen LogP contribution in [0.25, 0.3) is 0 Å². The number of nitrogens with one attached hydrogen (secondary N) is 2. The van der Waals surface area contributed by atoms with E-state index in [4.69, 9.17) is 15.2 Å². The van der Waals surface area contributed by atoms with E-state index in [1.54, 1.807) is 0 Å². The third-order valence-corrected chi connectivity index (χ3v) is 6.02. The van der Waals surface area contributed by atoms with Crippen LogP contribution in [0.5, 0.6) is 0 Å². The van der Waals surface area contributed by atoms with Crippen molar-refractivity contribution in [3.63, 3.8) is 0 Å². The third-order valence-electron chi connectivity index (χ3n) is 4.51. The zero-order valence-electron chi connectivity index (χ0n) is 14.8. The van der Waals surface area contributed by atoms with Gasteiger partial charge in [-0.15, -0.1) is 0 Å². The molecular formula is C17H31N3O4S. The number of hydrogen-bond acceptors (Lipinski definition) is 6. The molecule has 0 bridgehead atoms. The molecule has 25 heavy (non-hydrogen) atoms. The molecule has 0 aliphatic carbocycles. The summed E-state index contributed by atoms with van der Waals surface area (Å²) < 4.78 is 10.6. The maximum absolute atomic E-state index is 11.9. The van der Waals surface area contributed by atoms with Gasteiger partial charge < -0.3 is 25.8 Å². The van der Waals surface area contributed by atoms with E-state index in [2.05, 4.69) is 10.6 Å². The second-order valence-corrected chi connectivity index (χ2v) is 7.80. The first-order chi connectivity index (χ1) is 12.2. The van der Waals surface area contributed by atoms with Crippen LogP contribution in [-0.2, 0) is 14.3 Å². The fourth-order valence-electron chi connectivity index (χ4n) is 3.21. The number of urea groups is 1. The van der Waals surface area contributed by atoms with Crippen molar-refractivity contribution in [2.45, 2.75) is 55.9 Å². The maximum Gasteiger partial charge on any atom is 0.315 e. The largest absolute Gasteiger partial charge is 0.379 e. The second kappa shape index (κ2) is 11.7. The highest BCUT2D eigenvalue weighted by atomic mass is 32.2. The van der Waals surface area contributed by atoms with Gasteiger partial charge in [-0.25, -0.2) is 4.79 Å². The van der Waals surface area contributed by atoms with Crippen molar-refractivity contribution in [2.75, 3.05) is 38.7 Å². The summed E-state index contributed by atoms with van der Waals surface area (Å²) in [4.78, 5) is 23.2. The number of ketones is 1. The van der Waals surface area contributed by atoms with E-state index in [1.165, 1.54) is 0 Å². The van der Waals surface area contributed by atoms with Gasteiger partial charge in [0, 0.05) is 37.0 Å². The highest BCUT2D eigenvalue weighted by Gasteiger charge is 2.42. The molecule has 0 aromatic heterocycles. The lowest BCUT2D eigenvalue weighted by molar-refractivity contribution is -0.119. The molecule has 0 aromatic carbocycles. The number of rotatable bonds is 14. The number of ether oxygens (including phenoxy) is 2. The number of Topliss-reactive ketones (excluding diaryl/α,β-unsaturated/α-hetero) is 1. The van der Waals surface area contributed by atoms with Crippen molar-refractivity contribution in [1.82, 2.24) is 10.6 Å². The van der Waals surface area contributed by atoms with Crippen LogP contribution in [0.15, 0.2) is 0 Å². The van der Waals surface area contributed by atoms with Gasteiger partial charge >= 0.3 is 6.03 Å². The number of nitrogens with two attached hydrogens (primary N) is 1. The first-order valence-corrected chi connectivity index (χ1v) is 10.3. The molecule has 0 saturated carbocycles. The van der Waals surface area contributed by atoms with Crippen LogP contribution in [-0.4, -0.2) is 67.9 Å². The summed E-state index contributed by atoms with van der Waals surface area (Å²) in [6.45, 7) is 2.81. The monoisotopic (exact) mass is 373 g/mol. The molecule has 3 atom stereocenters. The highest BCUT2D eigenvalue weighted by Crippen LogP contribution is 2.33. The number of carbonyl (C=O) groups excluding carboxylic acids is 2. The van der Waals surface area contributed by atoms with E-state index in [1.807, 2.05) is 11.8 Å². The summed E-state index contributed by atoms with van der Waals surface area (Å²) in [6.07, 6.45) is 5.05. The van der Waals surface area contributed by atoms with E-state index >= 15 is 0 Å². The van der Waals surface area contributed by atoms with Gasteiger partial charge in [0.2, 0.25) is 0 Å². The predicted octanol–water partition coefficient (Wildman–Crippen LogP) is 1.05. The minimum absolute atomic E-state index is 0.0383. The van der Waals surface area contributed by atoms with Crippen molar-refractivity contribution in [2.24, 2.45) is 5.73 Å². The Kier molecular flexibility index (Phi) is 9.60. The van der Waals surface area contributed by atoms with E-state index in [-0.39, 0.29) is 18.1 Å². The Balaban J connectivity index is 1.41. The molecule has 2 rings (SSSR count). The number of carbonyl (C=O) groups is 2. The molecule has 0 spiro atoms. The second-order valence-electron chi connectivity index (χ2n) is 6.52. The SMILES string of the molecule is NCCOCCOCCCC(=O)CCCCC1SC[C@H]2NC(=O)N[C@@H]12. The minimum Gasteiger partial charge on any atom is -0.379 e. The van der Waals surface area contributed by atoms with Gasteiger partial charge in [0.25, 0.3) is 0 Å². The number of fused-ring (bicyclic) bond motifs is 1. The molecule has 144 valence electrons. The van der Waals surface area contributed by atoms with Crippen LogP contribution < -0.4 is 16.4 Å². The average Bonchev–Trinajstić information content (AvgIpc) is 3.13. The van der Waals surface area contributed by atoms with Crippen LogP contribution in [0.2, 0.25) is 0 Å². The van der Waals surface area contributed by atoms with E-state index in [9.17, 15) is 9.59 Å². The van der Waals surface area contributed by atoms with Crippen molar-refractivity contribution in [3.05, 3.63) is 0 Å². The zero-order chi connectivity index (χ0) is 17.9. The molecule has 2 saturated heterocycles. The van der Waals surface area contributed by atoms with E-state index < -0.39 is 0 Å². The molecule has 7 nitrogen and oxygen atoms in total. The topological polar surface area (TPSA) is 103 Å². The number of amides is 2. The van der Waals surface area contributed by atoms with Crippen LogP contribution in [0, 0.1) is 0 Å². The third kappa shape index (κ3) is 7.52. The summed E-state index contributed by atoms with van der Waals surface area (Å²) in [6, 6.07) is 0.507. The van der Waals surface area contributed by atoms with Crippen LogP contribution >= 0.6 is 11.8 Å². The van der Waals surface area contributed by atoms with Crippen molar-refractivity contribution < 1.29 is 19.1 Å². The lowest BCUT2D eigenvalue weighted by atomic mass is 10.0. The average molecular weight is 374 g/mol. The fraction of sp³-hybridized carbons (Fsp3) is 0.882. The van der Waals surface area contributed by atoms with Gasteiger partial charge in [0.15, 0.2) is 0 Å². The normalized spacial score (nSPS) is 24.8. The minimum atomic E-state index is -0.0383. The van der Waals surface area contributed by atoms with Gasteiger partial charge in [-0.2, -0.15) is 11.8 Å². The van der Waals surface area contributed by atoms with Gasteiger partial charge in [-0.05, 0) is 19.3 Å². The number of thioether (sulfide) groups is 1. The summed E-state index contributed by atoms with van der Waals surface area (Å²) in [5.41, 5.74) is 5.31. The number of unbranched alkanes of at least 4 members (excludes halogenated alkanes) is 1. The van der Waals surface area contributed by atoms with Gasteiger partial charge in [0.05, 0.1) is 31.9 Å². The predicted molar refractivity (Wildman–Crippen MR) is 98.9 cm³/mol. The standard InChI is InChI=1S/C17H31N3O4S/c18-7-9-24-11-10-23-8-3-5-13(21)4-1-2-6-15-16-14(12-25-15)19-17(22)20-16/h14-16H,1-12,18H2,(H2,19,20,22)/t14-,15?,16-/m1/s1. The van der Waals surface area contributed by atoms with Gasteiger partial charge in [-0.3, -0.25) is 4.79 Å². The Bertz CT molecular complexity index is 425. The lowest BCUT2D eigenvalue weighted by Crippen LogP contribution is -2.36. The molecule has 8 heteroatoms. The molecule has 1 unspecified atom stereocenters. The first kappa shape index (κ1) is 20.5. The number of hydrogen-bond donors (Lipinski definition) is 3. The molecule has 2 aliphatic rings. The van der Waals surface area contributed by atoms with Gasteiger partial charge in [0.1, 0.15) is 5.78 Å². The lowest BCUT2D eigenvalue weighted by Gasteiger charge is -2.16. The Morgan fingerprint density at radius 2 is 1.84 bits per heavy atom. The molecular weight excluding hydrogens is 342 g/mol. The highest BCUT2D eigenvalue weighted by molar-refractivity contribution is 8.00.